The van der Waals surface area contributed by atoms with E-state index in [-0.39, 0.29) is 18.1 Å². The van der Waals surface area contributed by atoms with E-state index in [1.165, 1.54) is 12.8 Å². The summed E-state index contributed by atoms with van der Waals surface area (Å²) in [5, 5.41) is 0. The van der Waals surface area contributed by atoms with Gasteiger partial charge in [-0.25, -0.2) is 0 Å². The highest BCUT2D eigenvalue weighted by Crippen LogP contribution is 2.08. The molecule has 3 heteroatoms. The van der Waals surface area contributed by atoms with Crippen LogP contribution < -0.4 is 0 Å². The molecule has 0 atom stereocenters. The van der Waals surface area contributed by atoms with Crippen molar-refractivity contribution in [3.63, 3.8) is 0 Å². The van der Waals surface area contributed by atoms with Gasteiger partial charge < -0.3 is 4.90 Å². The van der Waals surface area contributed by atoms with E-state index in [2.05, 4.69) is 6.92 Å². The minimum atomic E-state index is 0.0153. The maximum Gasteiger partial charge on any atom is 0.230 e. The first-order valence-electron chi connectivity index (χ1n) is 5.03. The molecule has 0 aliphatic carbocycles. The van der Waals surface area contributed by atoms with E-state index in [4.69, 9.17) is 0 Å². The van der Waals surface area contributed by atoms with Crippen molar-refractivity contribution in [3.8, 4) is 0 Å². The van der Waals surface area contributed by atoms with Crippen LogP contribution in [0, 0.1) is 0 Å². The Labute approximate surface area is 79.1 Å². The fourth-order valence-electron chi connectivity index (χ4n) is 1.57. The number of nitrogens with zero attached hydrogens (tertiary/aromatic N) is 1. The molecule has 1 aliphatic rings. The fraction of sp³-hybridized carbons (Fsp3) is 0.800. The van der Waals surface area contributed by atoms with Crippen molar-refractivity contribution in [2.24, 2.45) is 0 Å². The summed E-state index contributed by atoms with van der Waals surface area (Å²) in [5.41, 5.74) is 0. The third kappa shape index (κ3) is 3.17. The summed E-state index contributed by atoms with van der Waals surface area (Å²) >= 11 is 0. The number of carbonyl (C=O) groups is 2. The summed E-state index contributed by atoms with van der Waals surface area (Å²) in [6.07, 6.45) is 4.75. The van der Waals surface area contributed by atoms with Crippen molar-refractivity contribution in [2.45, 2.75) is 39.0 Å². The second-order valence-corrected chi connectivity index (χ2v) is 3.59. The molecule has 3 nitrogen and oxygen atoms in total. The summed E-state index contributed by atoms with van der Waals surface area (Å²) in [4.78, 5) is 23.7. The van der Waals surface area contributed by atoms with Crippen LogP contribution in [0.25, 0.3) is 0 Å². The lowest BCUT2D eigenvalue weighted by Crippen LogP contribution is -2.26. The molecule has 0 aromatic carbocycles. The molecule has 0 spiro atoms. The highest BCUT2D eigenvalue weighted by molar-refractivity contribution is 6.05. The van der Waals surface area contributed by atoms with Gasteiger partial charge in [0.25, 0.3) is 0 Å². The van der Waals surface area contributed by atoms with Crippen LogP contribution in [0.4, 0.5) is 0 Å². The van der Waals surface area contributed by atoms with E-state index >= 15 is 0 Å². The number of unbranched alkanes of at least 4 members (excludes halogenated alkanes) is 3. The van der Waals surface area contributed by atoms with Crippen LogP contribution in [0.5, 0.6) is 0 Å². The molecule has 0 unspecified atom stereocenters. The lowest BCUT2D eigenvalue weighted by molar-refractivity contribution is -0.127. The zero-order valence-electron chi connectivity index (χ0n) is 8.21. The van der Waals surface area contributed by atoms with E-state index in [9.17, 15) is 9.59 Å². The van der Waals surface area contributed by atoms with Gasteiger partial charge in [-0.2, -0.15) is 0 Å². The standard InChI is InChI=1S/C10H17NO2/c1-2-3-4-5-6-11-8-9(12)7-10(11)13/h2-8H2,1H3. The molecule has 0 saturated carbocycles. The van der Waals surface area contributed by atoms with Crippen molar-refractivity contribution < 1.29 is 9.59 Å². The van der Waals surface area contributed by atoms with Gasteiger partial charge in [0.2, 0.25) is 5.91 Å². The quantitative estimate of drug-likeness (QED) is 0.477. The van der Waals surface area contributed by atoms with Crippen LogP contribution >= 0.6 is 0 Å². The van der Waals surface area contributed by atoms with Crippen molar-refractivity contribution in [1.29, 1.82) is 0 Å². The number of carbonyl (C=O) groups excluding carboxylic acids is 2. The lowest BCUT2D eigenvalue weighted by atomic mass is 10.2. The smallest absolute Gasteiger partial charge is 0.230 e. The molecule has 1 saturated heterocycles. The summed E-state index contributed by atoms with van der Waals surface area (Å²) < 4.78 is 0. The van der Waals surface area contributed by atoms with Gasteiger partial charge >= 0.3 is 0 Å². The van der Waals surface area contributed by atoms with E-state index in [0.717, 1.165) is 19.4 Å². The van der Waals surface area contributed by atoms with Gasteiger partial charge in [-0.15, -0.1) is 0 Å². The van der Waals surface area contributed by atoms with Crippen molar-refractivity contribution in [1.82, 2.24) is 4.90 Å². The third-order valence-corrected chi connectivity index (χ3v) is 2.35. The van der Waals surface area contributed by atoms with Crippen molar-refractivity contribution in [2.75, 3.05) is 13.1 Å². The Morgan fingerprint density at radius 1 is 1.23 bits per heavy atom. The molecule has 0 radical (unpaired) electrons. The van der Waals surface area contributed by atoms with Crippen LogP contribution in [-0.4, -0.2) is 29.7 Å². The number of Topliss-reactive ketones (excluding diaryl/α,β-unsaturated/α-hetero) is 1. The highest BCUT2D eigenvalue weighted by atomic mass is 16.2. The average Bonchev–Trinajstić information content (AvgIpc) is 2.39. The second kappa shape index (κ2) is 5.00. The molecule has 13 heavy (non-hydrogen) atoms. The van der Waals surface area contributed by atoms with Gasteiger partial charge in [-0.05, 0) is 6.42 Å². The Bertz CT molecular complexity index is 201. The normalized spacial score (nSPS) is 17.2. The SMILES string of the molecule is CCCCCCN1CC(=O)CC1=O. The molecule has 1 fully saturated rings. The minimum absolute atomic E-state index is 0.0153. The molecular weight excluding hydrogens is 166 g/mol. The van der Waals surface area contributed by atoms with E-state index < -0.39 is 0 Å². The molecule has 1 heterocycles. The molecule has 1 amide bonds. The number of amides is 1. The Morgan fingerprint density at radius 2 is 2.00 bits per heavy atom. The molecular formula is C10H17NO2. The summed E-state index contributed by atoms with van der Waals surface area (Å²) in [6, 6.07) is 0. The number of rotatable bonds is 5. The van der Waals surface area contributed by atoms with Gasteiger partial charge in [0.05, 0.1) is 13.0 Å². The molecule has 0 aromatic heterocycles. The van der Waals surface area contributed by atoms with Crippen LogP contribution in [-0.2, 0) is 9.59 Å². The Kier molecular flexibility index (Phi) is 3.93. The first-order chi connectivity index (χ1) is 6.24. The number of hydrogen-bond donors (Lipinski definition) is 0. The van der Waals surface area contributed by atoms with Crippen LogP contribution in [0.2, 0.25) is 0 Å². The Morgan fingerprint density at radius 3 is 2.54 bits per heavy atom. The zero-order valence-corrected chi connectivity index (χ0v) is 8.21. The summed E-state index contributed by atoms with van der Waals surface area (Å²) in [7, 11) is 0. The summed E-state index contributed by atoms with van der Waals surface area (Å²) in [5.74, 6) is 0.0852. The fourth-order valence-corrected chi connectivity index (χ4v) is 1.57. The minimum Gasteiger partial charge on any atom is -0.335 e. The van der Waals surface area contributed by atoms with Gasteiger partial charge in [0, 0.05) is 6.54 Å². The molecule has 0 N–H and O–H groups in total. The molecule has 0 aromatic rings. The van der Waals surface area contributed by atoms with E-state index in [1.54, 1.807) is 4.90 Å². The van der Waals surface area contributed by atoms with Crippen LogP contribution in [0.1, 0.15) is 39.0 Å². The largest absolute Gasteiger partial charge is 0.335 e. The average molecular weight is 183 g/mol. The Balaban J connectivity index is 2.14. The monoisotopic (exact) mass is 183 g/mol. The lowest BCUT2D eigenvalue weighted by Gasteiger charge is -2.13. The second-order valence-electron chi connectivity index (χ2n) is 3.59. The molecule has 0 bridgehead atoms. The van der Waals surface area contributed by atoms with Gasteiger partial charge in [0.15, 0.2) is 5.78 Å². The molecule has 74 valence electrons. The topological polar surface area (TPSA) is 37.4 Å². The zero-order chi connectivity index (χ0) is 9.68. The number of likely N-dealkylation sites (tertiary alicyclic amines) is 1. The highest BCUT2D eigenvalue weighted by Gasteiger charge is 2.26. The number of hydrogen-bond acceptors (Lipinski definition) is 2. The number of ketones is 1. The maximum atomic E-state index is 11.2. The third-order valence-electron chi connectivity index (χ3n) is 2.35. The van der Waals surface area contributed by atoms with Gasteiger partial charge in [-0.1, -0.05) is 26.2 Å². The van der Waals surface area contributed by atoms with Gasteiger partial charge in [-0.3, -0.25) is 9.59 Å². The van der Waals surface area contributed by atoms with E-state index in [0.29, 0.717) is 6.54 Å². The van der Waals surface area contributed by atoms with E-state index in [1.807, 2.05) is 0 Å². The van der Waals surface area contributed by atoms with Crippen molar-refractivity contribution in [3.05, 3.63) is 0 Å². The maximum absolute atomic E-state index is 11.2. The predicted molar refractivity (Wildman–Crippen MR) is 50.3 cm³/mol. The predicted octanol–water partition coefficient (Wildman–Crippen LogP) is 1.37. The first-order valence-corrected chi connectivity index (χ1v) is 5.03. The molecule has 1 rings (SSSR count). The van der Waals surface area contributed by atoms with Crippen LogP contribution in [0.15, 0.2) is 0 Å². The van der Waals surface area contributed by atoms with Gasteiger partial charge in [0.1, 0.15) is 0 Å². The van der Waals surface area contributed by atoms with Crippen LogP contribution in [0.3, 0.4) is 0 Å². The first kappa shape index (κ1) is 10.2. The van der Waals surface area contributed by atoms with Crippen molar-refractivity contribution >= 4 is 11.7 Å². The Hall–Kier alpha value is -0.860. The molecule has 1 aliphatic heterocycles. The summed E-state index contributed by atoms with van der Waals surface area (Å²) in [6.45, 7) is 3.28.